The van der Waals surface area contributed by atoms with Gasteiger partial charge in [-0.15, -0.1) is 0 Å². The van der Waals surface area contributed by atoms with Crippen LogP contribution in [0.4, 0.5) is 0 Å². The lowest BCUT2D eigenvalue weighted by atomic mass is 10.2. The number of rotatable bonds is 6. The first kappa shape index (κ1) is 16.8. The van der Waals surface area contributed by atoms with Crippen LogP contribution in [0.2, 0.25) is 0 Å². The van der Waals surface area contributed by atoms with Gasteiger partial charge in [0.25, 0.3) is 16.7 Å². The topological polar surface area (TPSA) is 102 Å². The van der Waals surface area contributed by atoms with Crippen molar-refractivity contribution in [2.75, 3.05) is 6.54 Å². The fraction of sp³-hybridized carbons (Fsp3) is 0.294. The molecule has 1 unspecified atom stereocenters. The fourth-order valence-electron chi connectivity index (χ4n) is 2.65. The highest BCUT2D eigenvalue weighted by Crippen LogP contribution is 2.04. The van der Waals surface area contributed by atoms with Crippen LogP contribution in [-0.4, -0.2) is 31.9 Å². The van der Waals surface area contributed by atoms with Gasteiger partial charge in [0.15, 0.2) is 0 Å². The second kappa shape index (κ2) is 7.27. The van der Waals surface area contributed by atoms with E-state index in [1.165, 1.54) is 16.8 Å². The standard InChI is InChI=1S/C17H19N5O3/c1-12(18-8-9-22-16(24)7-6-15(23)20-22)10-21-11-19-14-5-3-2-4-13(14)17(21)25/h2-7,11-12,18H,8-10H2,1H3,(H,20,23). The molecule has 0 fully saturated rings. The van der Waals surface area contributed by atoms with Gasteiger partial charge in [0.05, 0.1) is 23.8 Å². The van der Waals surface area contributed by atoms with E-state index in [2.05, 4.69) is 15.4 Å². The van der Waals surface area contributed by atoms with Crippen LogP contribution in [0.25, 0.3) is 10.9 Å². The Kier molecular flexibility index (Phi) is 4.90. The van der Waals surface area contributed by atoms with Crippen LogP contribution in [0.5, 0.6) is 0 Å². The predicted molar refractivity (Wildman–Crippen MR) is 94.8 cm³/mol. The molecule has 8 nitrogen and oxygen atoms in total. The van der Waals surface area contributed by atoms with Gasteiger partial charge in [0, 0.05) is 31.3 Å². The monoisotopic (exact) mass is 341 g/mol. The van der Waals surface area contributed by atoms with Crippen molar-refractivity contribution in [1.29, 1.82) is 0 Å². The van der Waals surface area contributed by atoms with Gasteiger partial charge in [-0.2, -0.15) is 0 Å². The molecular weight excluding hydrogens is 322 g/mol. The summed E-state index contributed by atoms with van der Waals surface area (Å²) in [7, 11) is 0. The van der Waals surface area contributed by atoms with E-state index in [1.54, 1.807) is 23.0 Å². The van der Waals surface area contributed by atoms with Crippen LogP contribution in [0.15, 0.2) is 57.1 Å². The molecule has 1 aromatic carbocycles. The molecular formula is C17H19N5O3. The van der Waals surface area contributed by atoms with Crippen LogP contribution < -0.4 is 22.0 Å². The second-order valence-corrected chi connectivity index (χ2v) is 5.87. The average Bonchev–Trinajstić information content (AvgIpc) is 2.61. The summed E-state index contributed by atoms with van der Waals surface area (Å²) in [5, 5.41) is 6.29. The van der Waals surface area contributed by atoms with Crippen molar-refractivity contribution in [3.63, 3.8) is 0 Å². The van der Waals surface area contributed by atoms with Crippen molar-refractivity contribution in [1.82, 2.24) is 24.6 Å². The Morgan fingerprint density at radius 1 is 1.16 bits per heavy atom. The first-order chi connectivity index (χ1) is 12.0. The number of H-pyrrole nitrogens is 1. The number of para-hydroxylation sites is 1. The van der Waals surface area contributed by atoms with Gasteiger partial charge in [-0.3, -0.25) is 24.0 Å². The number of benzene rings is 1. The lowest BCUT2D eigenvalue weighted by Crippen LogP contribution is -2.38. The van der Waals surface area contributed by atoms with E-state index in [4.69, 9.17) is 0 Å². The van der Waals surface area contributed by atoms with E-state index in [0.29, 0.717) is 30.5 Å². The number of fused-ring (bicyclic) bond motifs is 1. The largest absolute Gasteiger partial charge is 0.311 e. The maximum absolute atomic E-state index is 12.5. The minimum atomic E-state index is -0.318. The van der Waals surface area contributed by atoms with Gasteiger partial charge in [0.2, 0.25) is 0 Å². The summed E-state index contributed by atoms with van der Waals surface area (Å²) in [4.78, 5) is 39.6. The number of aromatic nitrogens is 4. The summed E-state index contributed by atoms with van der Waals surface area (Å²) in [5.74, 6) is 0. The zero-order valence-corrected chi connectivity index (χ0v) is 13.8. The molecule has 2 aromatic heterocycles. The van der Waals surface area contributed by atoms with Gasteiger partial charge in [-0.05, 0) is 19.1 Å². The maximum atomic E-state index is 12.5. The Hall–Kier alpha value is -3.00. The minimum Gasteiger partial charge on any atom is -0.311 e. The molecule has 130 valence electrons. The molecule has 0 bridgehead atoms. The number of nitrogens with zero attached hydrogens (tertiary/aromatic N) is 3. The van der Waals surface area contributed by atoms with Gasteiger partial charge in [-0.25, -0.2) is 9.67 Å². The zero-order chi connectivity index (χ0) is 17.8. The maximum Gasteiger partial charge on any atom is 0.265 e. The molecule has 3 rings (SSSR count). The highest BCUT2D eigenvalue weighted by Gasteiger charge is 2.07. The Morgan fingerprint density at radius 2 is 1.96 bits per heavy atom. The zero-order valence-electron chi connectivity index (χ0n) is 13.8. The van der Waals surface area contributed by atoms with Crippen molar-refractivity contribution in [3.05, 3.63) is 73.8 Å². The second-order valence-electron chi connectivity index (χ2n) is 5.87. The fourth-order valence-corrected chi connectivity index (χ4v) is 2.65. The van der Waals surface area contributed by atoms with Crippen molar-refractivity contribution in [3.8, 4) is 0 Å². The Bertz CT molecular complexity index is 1050. The summed E-state index contributed by atoms with van der Waals surface area (Å²) >= 11 is 0. The van der Waals surface area contributed by atoms with Crippen LogP contribution in [0, 0.1) is 0 Å². The number of hydrogen-bond donors (Lipinski definition) is 2. The summed E-state index contributed by atoms with van der Waals surface area (Å²) < 4.78 is 2.82. The van der Waals surface area contributed by atoms with Crippen molar-refractivity contribution in [2.45, 2.75) is 26.1 Å². The average molecular weight is 341 g/mol. The van der Waals surface area contributed by atoms with Gasteiger partial charge >= 0.3 is 0 Å². The molecule has 3 aromatic rings. The number of nitrogens with one attached hydrogen (secondary N) is 2. The van der Waals surface area contributed by atoms with Gasteiger partial charge < -0.3 is 5.32 Å². The molecule has 2 heterocycles. The van der Waals surface area contributed by atoms with E-state index in [0.717, 1.165) is 0 Å². The van der Waals surface area contributed by atoms with Crippen LogP contribution in [-0.2, 0) is 13.1 Å². The molecule has 0 saturated heterocycles. The molecule has 0 amide bonds. The predicted octanol–water partition coefficient (Wildman–Crippen LogP) is -0.0752. The molecule has 0 radical (unpaired) electrons. The summed E-state index contributed by atoms with van der Waals surface area (Å²) in [6, 6.07) is 9.66. The summed E-state index contributed by atoms with van der Waals surface area (Å²) in [5.41, 5.74) is 0.0186. The quantitative estimate of drug-likeness (QED) is 0.653. The lowest BCUT2D eigenvalue weighted by Gasteiger charge is -2.16. The normalized spacial score (nSPS) is 12.4. The summed E-state index contributed by atoms with van der Waals surface area (Å²) in [6.07, 6.45) is 1.54. The molecule has 1 atom stereocenters. The van der Waals surface area contributed by atoms with Gasteiger partial charge in [-0.1, -0.05) is 12.1 Å². The lowest BCUT2D eigenvalue weighted by molar-refractivity contribution is 0.438. The van der Waals surface area contributed by atoms with Crippen LogP contribution >= 0.6 is 0 Å². The molecule has 8 heteroatoms. The van der Waals surface area contributed by atoms with Crippen LogP contribution in [0.1, 0.15) is 6.92 Å². The van der Waals surface area contributed by atoms with E-state index >= 15 is 0 Å². The van der Waals surface area contributed by atoms with E-state index in [-0.39, 0.29) is 22.7 Å². The third-order valence-corrected chi connectivity index (χ3v) is 3.92. The third kappa shape index (κ3) is 3.92. The highest BCUT2D eigenvalue weighted by atomic mass is 16.2. The molecule has 0 aliphatic heterocycles. The Labute approximate surface area is 142 Å². The first-order valence-electron chi connectivity index (χ1n) is 8.02. The molecule has 0 spiro atoms. The number of aromatic amines is 1. The SMILES string of the molecule is CC(Cn1cnc2ccccc2c1=O)NCCn1[nH]c(=O)ccc1=O. The number of hydrogen-bond acceptors (Lipinski definition) is 5. The van der Waals surface area contributed by atoms with Crippen LogP contribution in [0.3, 0.4) is 0 Å². The minimum absolute atomic E-state index is 0.00759. The van der Waals surface area contributed by atoms with E-state index < -0.39 is 0 Å². The van der Waals surface area contributed by atoms with Gasteiger partial charge in [0.1, 0.15) is 0 Å². The Balaban J connectivity index is 1.63. The molecule has 0 saturated carbocycles. The highest BCUT2D eigenvalue weighted by molar-refractivity contribution is 5.76. The molecule has 25 heavy (non-hydrogen) atoms. The van der Waals surface area contributed by atoms with Crippen molar-refractivity contribution < 1.29 is 0 Å². The third-order valence-electron chi connectivity index (χ3n) is 3.92. The molecule has 2 N–H and O–H groups in total. The molecule has 0 aliphatic rings. The van der Waals surface area contributed by atoms with E-state index in [9.17, 15) is 14.4 Å². The molecule has 0 aliphatic carbocycles. The first-order valence-corrected chi connectivity index (χ1v) is 8.02. The summed E-state index contributed by atoms with van der Waals surface area (Å²) in [6.45, 7) is 3.22. The smallest absolute Gasteiger partial charge is 0.265 e. The van der Waals surface area contributed by atoms with Crippen molar-refractivity contribution in [2.24, 2.45) is 0 Å². The Morgan fingerprint density at radius 3 is 2.80 bits per heavy atom. The van der Waals surface area contributed by atoms with Crippen molar-refractivity contribution >= 4 is 10.9 Å². The van der Waals surface area contributed by atoms with E-state index in [1.807, 2.05) is 19.1 Å².